The average Bonchev–Trinajstić information content (AvgIpc) is 2.62. The number of hydrogen-bond donors (Lipinski definition) is 2. The number of amides is 2. The summed E-state index contributed by atoms with van der Waals surface area (Å²) < 4.78 is 26.5. The summed E-state index contributed by atoms with van der Waals surface area (Å²) in [5.74, 6) is -0.430. The second-order valence-corrected chi connectivity index (χ2v) is 8.37. The highest BCUT2D eigenvalue weighted by molar-refractivity contribution is 7.89. The molecule has 7 nitrogen and oxygen atoms in total. The molecule has 0 atom stereocenters. The summed E-state index contributed by atoms with van der Waals surface area (Å²) in [5, 5.41) is 5.36. The van der Waals surface area contributed by atoms with E-state index >= 15 is 0 Å². The molecule has 0 saturated carbocycles. The molecule has 1 aromatic carbocycles. The third-order valence-corrected chi connectivity index (χ3v) is 6.11. The van der Waals surface area contributed by atoms with E-state index in [2.05, 4.69) is 17.6 Å². The molecule has 1 aliphatic rings. The standard InChI is InChI=1S/C18H27N3O4S/c1-2-3-4-5-6-10-17(22)20-15-8-7-9-16(13-15)26(24,25)21-12-11-19-18(23)14-21/h7-9,13H,2-6,10-12,14H2,1H3,(H,19,23)(H,20,22). The zero-order valence-corrected chi connectivity index (χ0v) is 16.0. The number of rotatable bonds is 9. The van der Waals surface area contributed by atoms with Crippen molar-refractivity contribution in [3.63, 3.8) is 0 Å². The van der Waals surface area contributed by atoms with Crippen molar-refractivity contribution in [2.45, 2.75) is 50.3 Å². The highest BCUT2D eigenvalue weighted by Crippen LogP contribution is 2.20. The maximum absolute atomic E-state index is 12.7. The van der Waals surface area contributed by atoms with Crippen LogP contribution in [0.3, 0.4) is 0 Å². The molecule has 0 unspecified atom stereocenters. The first-order chi connectivity index (χ1) is 12.4. The van der Waals surface area contributed by atoms with Crippen LogP contribution in [-0.2, 0) is 19.6 Å². The van der Waals surface area contributed by atoms with Crippen LogP contribution in [0.2, 0.25) is 0 Å². The molecule has 2 rings (SSSR count). The number of anilines is 1. The molecule has 1 fully saturated rings. The number of carbonyl (C=O) groups is 2. The van der Waals surface area contributed by atoms with E-state index in [0.717, 1.165) is 30.0 Å². The Balaban J connectivity index is 1.96. The van der Waals surface area contributed by atoms with Crippen molar-refractivity contribution >= 4 is 27.5 Å². The predicted molar refractivity (Wildman–Crippen MR) is 100 cm³/mol. The molecule has 0 aliphatic carbocycles. The van der Waals surface area contributed by atoms with Gasteiger partial charge in [0.1, 0.15) is 0 Å². The van der Waals surface area contributed by atoms with E-state index in [1.807, 2.05) is 0 Å². The number of unbranched alkanes of at least 4 members (excludes halogenated alkanes) is 4. The highest BCUT2D eigenvalue weighted by atomic mass is 32.2. The summed E-state index contributed by atoms with van der Waals surface area (Å²) >= 11 is 0. The van der Waals surface area contributed by atoms with Gasteiger partial charge in [-0.25, -0.2) is 8.42 Å². The Morgan fingerprint density at radius 3 is 2.73 bits per heavy atom. The zero-order valence-electron chi connectivity index (χ0n) is 15.2. The number of sulfonamides is 1. The Hall–Kier alpha value is -1.93. The van der Waals surface area contributed by atoms with Crippen molar-refractivity contribution in [1.82, 2.24) is 9.62 Å². The lowest BCUT2D eigenvalue weighted by Crippen LogP contribution is -2.49. The maximum atomic E-state index is 12.7. The number of carbonyl (C=O) groups excluding carboxylic acids is 2. The molecule has 1 saturated heterocycles. The molecule has 0 radical (unpaired) electrons. The molecule has 144 valence electrons. The fourth-order valence-electron chi connectivity index (χ4n) is 2.82. The first-order valence-corrected chi connectivity index (χ1v) is 10.5. The SMILES string of the molecule is CCCCCCCC(=O)Nc1cccc(S(=O)(=O)N2CCNC(=O)C2)c1. The summed E-state index contributed by atoms with van der Waals surface area (Å²) in [6.45, 7) is 2.50. The number of piperazine rings is 1. The molecule has 0 aromatic heterocycles. The molecule has 1 heterocycles. The van der Waals surface area contributed by atoms with E-state index in [1.165, 1.54) is 18.6 Å². The fraction of sp³-hybridized carbons (Fsp3) is 0.556. The van der Waals surface area contributed by atoms with Crippen LogP contribution in [0.4, 0.5) is 5.69 Å². The van der Waals surface area contributed by atoms with Crippen LogP contribution in [0, 0.1) is 0 Å². The van der Waals surface area contributed by atoms with Gasteiger partial charge in [-0.05, 0) is 24.6 Å². The van der Waals surface area contributed by atoms with Gasteiger partial charge in [0.2, 0.25) is 21.8 Å². The molecule has 26 heavy (non-hydrogen) atoms. The minimum absolute atomic E-state index is 0.0768. The third-order valence-electron chi connectivity index (χ3n) is 4.27. The minimum Gasteiger partial charge on any atom is -0.354 e. The van der Waals surface area contributed by atoms with Crippen LogP contribution in [-0.4, -0.2) is 44.2 Å². The first kappa shape index (κ1) is 20.4. The molecule has 2 amide bonds. The summed E-state index contributed by atoms with van der Waals surface area (Å²) in [5.41, 5.74) is 0.450. The van der Waals surface area contributed by atoms with Crippen molar-refractivity contribution in [3.05, 3.63) is 24.3 Å². The first-order valence-electron chi connectivity index (χ1n) is 9.10. The second kappa shape index (κ2) is 9.68. The Labute approximate surface area is 155 Å². The van der Waals surface area contributed by atoms with Crippen LogP contribution in [0.25, 0.3) is 0 Å². The molecule has 0 bridgehead atoms. The minimum atomic E-state index is -3.76. The topological polar surface area (TPSA) is 95.6 Å². The van der Waals surface area contributed by atoms with Gasteiger partial charge in [-0.1, -0.05) is 38.7 Å². The van der Waals surface area contributed by atoms with E-state index in [1.54, 1.807) is 12.1 Å². The van der Waals surface area contributed by atoms with Gasteiger partial charge in [0.15, 0.2) is 0 Å². The molecule has 1 aromatic rings. The lowest BCUT2D eigenvalue weighted by atomic mass is 10.1. The van der Waals surface area contributed by atoms with Gasteiger partial charge in [-0.15, -0.1) is 0 Å². The Bertz CT molecular complexity index is 734. The van der Waals surface area contributed by atoms with Gasteiger partial charge >= 0.3 is 0 Å². The Morgan fingerprint density at radius 2 is 2.00 bits per heavy atom. The monoisotopic (exact) mass is 381 g/mol. The van der Waals surface area contributed by atoms with Crippen molar-refractivity contribution in [2.75, 3.05) is 25.0 Å². The summed E-state index contributed by atoms with van der Waals surface area (Å²) in [4.78, 5) is 23.6. The van der Waals surface area contributed by atoms with Crippen molar-refractivity contribution < 1.29 is 18.0 Å². The van der Waals surface area contributed by atoms with Gasteiger partial charge < -0.3 is 10.6 Å². The van der Waals surface area contributed by atoms with E-state index in [9.17, 15) is 18.0 Å². The van der Waals surface area contributed by atoms with Gasteiger partial charge in [-0.2, -0.15) is 4.31 Å². The zero-order chi connectivity index (χ0) is 19.0. The van der Waals surface area contributed by atoms with Gasteiger partial charge in [0, 0.05) is 25.2 Å². The summed E-state index contributed by atoms with van der Waals surface area (Å²) in [6, 6.07) is 6.17. The second-order valence-electron chi connectivity index (χ2n) is 6.43. The quantitative estimate of drug-likeness (QED) is 0.641. The van der Waals surface area contributed by atoms with Crippen molar-refractivity contribution in [3.8, 4) is 0 Å². The largest absolute Gasteiger partial charge is 0.354 e. The number of nitrogens with zero attached hydrogens (tertiary/aromatic N) is 1. The van der Waals surface area contributed by atoms with Crippen LogP contribution >= 0.6 is 0 Å². The Kier molecular flexibility index (Phi) is 7.59. The fourth-order valence-corrected chi connectivity index (χ4v) is 4.26. The number of benzene rings is 1. The molecule has 0 spiro atoms. The number of nitrogens with one attached hydrogen (secondary N) is 2. The van der Waals surface area contributed by atoms with Crippen LogP contribution in [0.1, 0.15) is 45.4 Å². The van der Waals surface area contributed by atoms with Gasteiger partial charge in [-0.3, -0.25) is 9.59 Å². The lowest BCUT2D eigenvalue weighted by Gasteiger charge is -2.26. The Morgan fingerprint density at radius 1 is 1.23 bits per heavy atom. The normalized spacial score (nSPS) is 15.5. The van der Waals surface area contributed by atoms with E-state index in [0.29, 0.717) is 18.7 Å². The van der Waals surface area contributed by atoms with Crippen LogP contribution in [0.5, 0.6) is 0 Å². The lowest BCUT2D eigenvalue weighted by molar-refractivity contribution is -0.122. The smallest absolute Gasteiger partial charge is 0.243 e. The van der Waals surface area contributed by atoms with E-state index in [4.69, 9.17) is 0 Å². The van der Waals surface area contributed by atoms with Crippen molar-refractivity contribution in [1.29, 1.82) is 0 Å². The molecule has 8 heteroatoms. The van der Waals surface area contributed by atoms with Crippen LogP contribution < -0.4 is 10.6 Å². The number of hydrogen-bond acceptors (Lipinski definition) is 4. The van der Waals surface area contributed by atoms with Gasteiger partial charge in [0.25, 0.3) is 0 Å². The molecular formula is C18H27N3O4S. The molecule has 1 aliphatic heterocycles. The maximum Gasteiger partial charge on any atom is 0.243 e. The summed E-state index contributed by atoms with van der Waals surface area (Å²) in [6.07, 6.45) is 5.73. The van der Waals surface area contributed by atoms with Crippen LogP contribution in [0.15, 0.2) is 29.2 Å². The van der Waals surface area contributed by atoms with Crippen molar-refractivity contribution in [2.24, 2.45) is 0 Å². The predicted octanol–water partition coefficient (Wildman–Crippen LogP) is 2.11. The van der Waals surface area contributed by atoms with E-state index < -0.39 is 10.0 Å². The third kappa shape index (κ3) is 5.81. The average molecular weight is 381 g/mol. The molecule has 2 N–H and O–H groups in total. The highest BCUT2D eigenvalue weighted by Gasteiger charge is 2.29. The van der Waals surface area contributed by atoms with E-state index in [-0.39, 0.29) is 29.8 Å². The molecular weight excluding hydrogens is 354 g/mol. The van der Waals surface area contributed by atoms with Gasteiger partial charge in [0.05, 0.1) is 11.4 Å². The summed E-state index contributed by atoms with van der Waals surface area (Å²) in [7, 11) is -3.76.